The molecule has 3 rings (SSSR count). The fourth-order valence-corrected chi connectivity index (χ4v) is 2.66. The van der Waals surface area contributed by atoms with Gasteiger partial charge < -0.3 is 5.73 Å². The first kappa shape index (κ1) is 11.4. The maximum absolute atomic E-state index is 5.88. The molecule has 0 spiro atoms. The fraction of sp³-hybridized carbons (Fsp3) is 0.133. The van der Waals surface area contributed by atoms with Crippen molar-refractivity contribution < 1.29 is 0 Å². The predicted molar refractivity (Wildman–Crippen MR) is 78.9 cm³/mol. The predicted octanol–water partition coefficient (Wildman–Crippen LogP) is 3.43. The molecule has 0 heterocycles. The van der Waals surface area contributed by atoms with Crippen LogP contribution in [0.3, 0.4) is 0 Å². The smallest absolute Gasteiger partial charge is 0.154 e. The summed E-state index contributed by atoms with van der Waals surface area (Å²) in [5, 5.41) is 0.631. The van der Waals surface area contributed by atoms with Crippen LogP contribution in [-0.4, -0.2) is 11.4 Å². The van der Waals surface area contributed by atoms with Gasteiger partial charge in [-0.2, -0.15) is 0 Å². The second-order valence-electron chi connectivity index (χ2n) is 4.25. The van der Waals surface area contributed by atoms with Gasteiger partial charge in [-0.05, 0) is 28.5 Å². The Labute approximate surface area is 111 Å². The van der Waals surface area contributed by atoms with Crippen LogP contribution in [0.1, 0.15) is 17.2 Å². The van der Waals surface area contributed by atoms with Gasteiger partial charge in [0.15, 0.2) is 5.17 Å². The zero-order chi connectivity index (χ0) is 12.5. The lowest BCUT2D eigenvalue weighted by molar-refractivity contribution is 0.904. The number of rotatable bonds is 1. The zero-order valence-corrected chi connectivity index (χ0v) is 10.9. The van der Waals surface area contributed by atoms with Crippen LogP contribution >= 0.6 is 11.8 Å². The molecule has 18 heavy (non-hydrogen) atoms. The Balaban J connectivity index is 2.21. The molecule has 1 aliphatic rings. The first-order valence-corrected chi connectivity index (χ1v) is 7.09. The van der Waals surface area contributed by atoms with E-state index >= 15 is 0 Å². The maximum Gasteiger partial charge on any atom is 0.154 e. The molecule has 0 unspecified atom stereocenters. The largest absolute Gasteiger partial charge is 0.379 e. The van der Waals surface area contributed by atoms with Crippen molar-refractivity contribution in [2.45, 2.75) is 6.04 Å². The standard InChI is InChI=1S/C15H14N2S/c1-18-15(16)17-14-12-8-4-2-6-10(12)11-7-3-5-9-13(11)14/h2-9,14H,1H3,(H2,16,17). The summed E-state index contributed by atoms with van der Waals surface area (Å²) >= 11 is 1.49. The van der Waals surface area contributed by atoms with E-state index in [-0.39, 0.29) is 6.04 Å². The molecule has 3 heteroatoms. The Kier molecular flexibility index (Phi) is 2.84. The van der Waals surface area contributed by atoms with Crippen molar-refractivity contribution in [3.8, 4) is 11.1 Å². The minimum absolute atomic E-state index is 0.0462. The average molecular weight is 254 g/mol. The quantitative estimate of drug-likeness (QED) is 0.625. The van der Waals surface area contributed by atoms with Crippen molar-refractivity contribution in [2.24, 2.45) is 10.7 Å². The van der Waals surface area contributed by atoms with E-state index in [1.165, 1.54) is 34.0 Å². The molecule has 0 saturated heterocycles. The van der Waals surface area contributed by atoms with E-state index in [0.717, 1.165) is 0 Å². The fourth-order valence-electron chi connectivity index (χ4n) is 2.45. The second kappa shape index (κ2) is 4.50. The maximum atomic E-state index is 5.88. The third kappa shape index (κ3) is 1.71. The van der Waals surface area contributed by atoms with E-state index in [2.05, 4.69) is 53.5 Å². The highest BCUT2D eigenvalue weighted by Gasteiger charge is 2.27. The van der Waals surface area contributed by atoms with Crippen LogP contribution < -0.4 is 5.73 Å². The van der Waals surface area contributed by atoms with Crippen LogP contribution in [0.5, 0.6) is 0 Å². The minimum Gasteiger partial charge on any atom is -0.379 e. The van der Waals surface area contributed by atoms with Crippen molar-refractivity contribution in [3.63, 3.8) is 0 Å². The van der Waals surface area contributed by atoms with Gasteiger partial charge in [-0.25, -0.2) is 4.99 Å². The first-order valence-electron chi connectivity index (χ1n) is 5.86. The van der Waals surface area contributed by atoms with Crippen LogP contribution in [0.4, 0.5) is 0 Å². The molecule has 0 amide bonds. The molecule has 0 bridgehead atoms. The van der Waals surface area contributed by atoms with Crippen molar-refractivity contribution in [1.29, 1.82) is 0 Å². The third-order valence-electron chi connectivity index (χ3n) is 3.27. The number of thioether (sulfide) groups is 1. The van der Waals surface area contributed by atoms with Gasteiger partial charge in [-0.1, -0.05) is 60.3 Å². The summed E-state index contributed by atoms with van der Waals surface area (Å²) < 4.78 is 0. The van der Waals surface area contributed by atoms with Crippen molar-refractivity contribution in [1.82, 2.24) is 0 Å². The zero-order valence-electron chi connectivity index (χ0n) is 10.1. The molecular weight excluding hydrogens is 240 g/mol. The van der Waals surface area contributed by atoms with Crippen LogP contribution in [0, 0.1) is 0 Å². The summed E-state index contributed by atoms with van der Waals surface area (Å²) in [6, 6.07) is 16.9. The third-order valence-corrected chi connectivity index (χ3v) is 3.79. The van der Waals surface area contributed by atoms with Gasteiger partial charge in [0.05, 0.1) is 0 Å². The number of hydrogen-bond acceptors (Lipinski definition) is 2. The lowest BCUT2D eigenvalue weighted by Gasteiger charge is -2.08. The molecule has 1 aliphatic carbocycles. The van der Waals surface area contributed by atoms with Crippen molar-refractivity contribution >= 4 is 16.9 Å². The number of fused-ring (bicyclic) bond motifs is 3. The van der Waals surface area contributed by atoms with Crippen molar-refractivity contribution in [2.75, 3.05) is 6.26 Å². The molecule has 2 N–H and O–H groups in total. The number of hydrogen-bond donors (Lipinski definition) is 1. The van der Waals surface area contributed by atoms with Crippen LogP contribution in [0.2, 0.25) is 0 Å². The highest BCUT2D eigenvalue weighted by atomic mass is 32.2. The summed E-state index contributed by atoms with van der Waals surface area (Å²) in [6.07, 6.45) is 1.95. The molecule has 2 aromatic carbocycles. The van der Waals surface area contributed by atoms with E-state index in [9.17, 15) is 0 Å². The van der Waals surface area contributed by atoms with E-state index in [1.807, 2.05) is 6.26 Å². The lowest BCUT2D eigenvalue weighted by Crippen LogP contribution is -2.08. The Morgan fingerprint density at radius 1 is 1.00 bits per heavy atom. The summed E-state index contributed by atoms with van der Waals surface area (Å²) in [4.78, 5) is 4.63. The molecular formula is C15H14N2S. The summed E-state index contributed by atoms with van der Waals surface area (Å²) in [6.45, 7) is 0. The highest BCUT2D eigenvalue weighted by Crippen LogP contribution is 2.45. The van der Waals surface area contributed by atoms with Gasteiger partial charge in [0.2, 0.25) is 0 Å². The Morgan fingerprint density at radius 2 is 1.50 bits per heavy atom. The molecule has 0 fully saturated rings. The van der Waals surface area contributed by atoms with Crippen LogP contribution in [-0.2, 0) is 0 Å². The summed E-state index contributed by atoms with van der Waals surface area (Å²) in [5.41, 5.74) is 10.9. The second-order valence-corrected chi connectivity index (χ2v) is 5.08. The monoisotopic (exact) mass is 254 g/mol. The number of benzene rings is 2. The van der Waals surface area contributed by atoms with E-state index in [0.29, 0.717) is 5.17 Å². The van der Waals surface area contributed by atoms with Gasteiger partial charge >= 0.3 is 0 Å². The molecule has 0 aromatic heterocycles. The van der Waals surface area contributed by atoms with Gasteiger partial charge in [0, 0.05) is 0 Å². The Hall–Kier alpha value is -1.74. The van der Waals surface area contributed by atoms with E-state index in [4.69, 9.17) is 5.73 Å². The highest BCUT2D eigenvalue weighted by molar-refractivity contribution is 8.13. The molecule has 0 aliphatic heterocycles. The van der Waals surface area contributed by atoms with Gasteiger partial charge in [0.1, 0.15) is 6.04 Å². The van der Waals surface area contributed by atoms with E-state index < -0.39 is 0 Å². The van der Waals surface area contributed by atoms with Crippen LogP contribution in [0.15, 0.2) is 53.5 Å². The summed E-state index contributed by atoms with van der Waals surface area (Å²) in [7, 11) is 0. The van der Waals surface area contributed by atoms with Crippen molar-refractivity contribution in [3.05, 3.63) is 59.7 Å². The molecule has 90 valence electrons. The number of amidine groups is 1. The molecule has 0 atom stereocenters. The number of aliphatic imine (C=N–C) groups is 1. The lowest BCUT2D eigenvalue weighted by atomic mass is 10.1. The first-order chi connectivity index (χ1) is 8.81. The minimum atomic E-state index is 0.0462. The normalized spacial score (nSPS) is 14.4. The molecule has 0 radical (unpaired) electrons. The number of nitrogens with zero attached hydrogens (tertiary/aromatic N) is 1. The Morgan fingerprint density at radius 3 is 2.00 bits per heavy atom. The Bertz CT molecular complexity index is 574. The molecule has 2 aromatic rings. The van der Waals surface area contributed by atoms with Gasteiger partial charge in [-0.15, -0.1) is 0 Å². The van der Waals surface area contributed by atoms with Gasteiger partial charge in [0.25, 0.3) is 0 Å². The molecule has 2 nitrogen and oxygen atoms in total. The van der Waals surface area contributed by atoms with Gasteiger partial charge in [-0.3, -0.25) is 0 Å². The van der Waals surface area contributed by atoms with Crippen LogP contribution in [0.25, 0.3) is 11.1 Å². The number of nitrogens with two attached hydrogens (primary N) is 1. The summed E-state index contributed by atoms with van der Waals surface area (Å²) in [5.74, 6) is 0. The average Bonchev–Trinajstić information content (AvgIpc) is 2.74. The topological polar surface area (TPSA) is 38.4 Å². The SMILES string of the molecule is CSC(N)=NC1c2ccccc2-c2ccccc21. The molecule has 0 saturated carbocycles. The van der Waals surface area contributed by atoms with E-state index in [1.54, 1.807) is 0 Å².